The first kappa shape index (κ1) is 33.5. The van der Waals surface area contributed by atoms with E-state index in [1.807, 2.05) is 11.8 Å². The zero-order chi connectivity index (χ0) is 38.6. The third-order valence-corrected chi connectivity index (χ3v) is 14.3. The first-order valence-electron chi connectivity index (χ1n) is 20.3. The van der Waals surface area contributed by atoms with E-state index >= 15 is 0 Å². The SMILES string of the molecule is CC1(C)c2ccccc2-c2ccc(N(c3ccccc3-c3ccccc3)c3cccc4cc5c(cc34)Sc3ccccc3C53c4ccccc4-c4ccccc43)cc21. The van der Waals surface area contributed by atoms with Crippen LogP contribution in [-0.4, -0.2) is 0 Å². The second kappa shape index (κ2) is 12.4. The molecule has 2 aliphatic carbocycles. The first-order chi connectivity index (χ1) is 28.5. The Hall–Kier alpha value is -6.61. The lowest BCUT2D eigenvalue weighted by atomic mass is 9.67. The van der Waals surface area contributed by atoms with Crippen LogP contribution in [0.25, 0.3) is 44.2 Å². The van der Waals surface area contributed by atoms with Crippen LogP contribution in [-0.2, 0) is 10.8 Å². The fourth-order valence-corrected chi connectivity index (χ4v) is 11.8. The number of hydrogen-bond acceptors (Lipinski definition) is 2. The Morgan fingerprint density at radius 3 is 1.69 bits per heavy atom. The van der Waals surface area contributed by atoms with Crippen molar-refractivity contribution in [2.75, 3.05) is 4.90 Å². The number of nitrogens with zero attached hydrogens (tertiary/aromatic N) is 1. The average molecular weight is 758 g/mol. The third-order valence-electron chi connectivity index (χ3n) is 13.1. The quantitative estimate of drug-likeness (QED) is 0.176. The van der Waals surface area contributed by atoms with Gasteiger partial charge in [-0.15, -0.1) is 0 Å². The highest BCUT2D eigenvalue weighted by molar-refractivity contribution is 7.99. The highest BCUT2D eigenvalue weighted by Gasteiger charge is 2.50. The maximum Gasteiger partial charge on any atom is 0.0735 e. The summed E-state index contributed by atoms with van der Waals surface area (Å²) in [4.78, 5) is 5.13. The van der Waals surface area contributed by atoms with Crippen LogP contribution in [0.5, 0.6) is 0 Å². The zero-order valence-electron chi connectivity index (χ0n) is 32.4. The van der Waals surface area contributed by atoms with Gasteiger partial charge in [0.2, 0.25) is 0 Å². The van der Waals surface area contributed by atoms with E-state index in [2.05, 4.69) is 219 Å². The van der Waals surface area contributed by atoms with Crippen LogP contribution >= 0.6 is 11.8 Å². The molecule has 0 unspecified atom stereocenters. The summed E-state index contributed by atoms with van der Waals surface area (Å²) in [6, 6.07) is 74.9. The van der Waals surface area contributed by atoms with Gasteiger partial charge >= 0.3 is 0 Å². The number of rotatable bonds is 4. The highest BCUT2D eigenvalue weighted by atomic mass is 32.2. The van der Waals surface area contributed by atoms with Gasteiger partial charge < -0.3 is 4.90 Å². The first-order valence-corrected chi connectivity index (χ1v) is 21.1. The molecule has 0 saturated heterocycles. The molecule has 1 aliphatic heterocycles. The van der Waals surface area contributed by atoms with Gasteiger partial charge in [-0.1, -0.05) is 183 Å². The van der Waals surface area contributed by atoms with Crippen molar-refractivity contribution in [1.82, 2.24) is 0 Å². The van der Waals surface area contributed by atoms with Crippen LogP contribution in [0.4, 0.5) is 17.1 Å². The number of para-hydroxylation sites is 1. The highest BCUT2D eigenvalue weighted by Crippen LogP contribution is 2.63. The number of benzene rings is 9. The standard InChI is InChI=1S/C56H39NS/c1-55(2)45-24-10-6-21-40(45)43-32-31-38(34-49(43)55)57(51-28-14-9-20-39(51)36-17-4-3-5-18-36)52-29-16-19-37-33-50-54(35-44(37)52)58-53-30-15-13-27-48(53)56(50)46-25-11-7-22-41(46)42-23-8-12-26-47(42)56/h3-35H,1-2H3. The molecular weight excluding hydrogens is 719 g/mol. The molecule has 12 rings (SSSR count). The van der Waals surface area contributed by atoms with E-state index in [9.17, 15) is 0 Å². The van der Waals surface area contributed by atoms with Crippen LogP contribution in [0.2, 0.25) is 0 Å². The monoisotopic (exact) mass is 757 g/mol. The van der Waals surface area contributed by atoms with Gasteiger partial charge in [-0.05, 0) is 109 Å². The lowest BCUT2D eigenvalue weighted by Gasteiger charge is -2.40. The van der Waals surface area contributed by atoms with Crippen LogP contribution in [0.1, 0.15) is 47.2 Å². The van der Waals surface area contributed by atoms with Crippen LogP contribution in [0, 0.1) is 0 Å². The average Bonchev–Trinajstić information content (AvgIpc) is 3.69. The van der Waals surface area contributed by atoms with Crippen molar-refractivity contribution in [3.63, 3.8) is 0 Å². The second-order valence-electron chi connectivity index (χ2n) is 16.4. The Morgan fingerprint density at radius 2 is 0.948 bits per heavy atom. The van der Waals surface area contributed by atoms with E-state index in [4.69, 9.17) is 0 Å². The molecule has 1 nitrogen and oxygen atoms in total. The molecule has 3 aliphatic rings. The van der Waals surface area contributed by atoms with Crippen molar-refractivity contribution < 1.29 is 0 Å². The molecule has 0 atom stereocenters. The Kier molecular flexibility index (Phi) is 7.19. The van der Waals surface area contributed by atoms with Crippen molar-refractivity contribution in [1.29, 1.82) is 0 Å². The molecule has 0 aromatic heterocycles. The molecule has 2 heteroatoms. The molecule has 9 aromatic rings. The van der Waals surface area contributed by atoms with Gasteiger partial charge in [0.1, 0.15) is 0 Å². The van der Waals surface area contributed by atoms with Gasteiger partial charge in [0.15, 0.2) is 0 Å². The van der Waals surface area contributed by atoms with Gasteiger partial charge in [-0.2, -0.15) is 0 Å². The maximum absolute atomic E-state index is 2.52. The van der Waals surface area contributed by atoms with Crippen molar-refractivity contribution in [2.24, 2.45) is 0 Å². The number of hydrogen-bond donors (Lipinski definition) is 0. The molecule has 0 radical (unpaired) electrons. The van der Waals surface area contributed by atoms with Gasteiger partial charge in [0, 0.05) is 31.8 Å². The van der Waals surface area contributed by atoms with E-state index in [1.54, 1.807) is 0 Å². The molecule has 0 fully saturated rings. The summed E-state index contributed by atoms with van der Waals surface area (Å²) in [6.07, 6.45) is 0. The predicted octanol–water partition coefficient (Wildman–Crippen LogP) is 15.1. The van der Waals surface area contributed by atoms with Gasteiger partial charge in [0.05, 0.1) is 16.8 Å². The third kappa shape index (κ3) is 4.55. The molecule has 1 spiro atoms. The van der Waals surface area contributed by atoms with E-state index < -0.39 is 5.41 Å². The summed E-state index contributed by atoms with van der Waals surface area (Å²) in [7, 11) is 0. The Balaban J connectivity index is 1.13. The molecule has 0 bridgehead atoms. The van der Waals surface area contributed by atoms with Crippen molar-refractivity contribution >= 4 is 39.6 Å². The van der Waals surface area contributed by atoms with Crippen molar-refractivity contribution in [2.45, 2.75) is 34.5 Å². The summed E-state index contributed by atoms with van der Waals surface area (Å²) >= 11 is 1.91. The van der Waals surface area contributed by atoms with Crippen molar-refractivity contribution in [3.05, 3.63) is 234 Å². The van der Waals surface area contributed by atoms with Crippen molar-refractivity contribution in [3.8, 4) is 33.4 Å². The Morgan fingerprint density at radius 1 is 0.379 bits per heavy atom. The summed E-state index contributed by atoms with van der Waals surface area (Å²) < 4.78 is 0. The van der Waals surface area contributed by atoms with E-state index in [0.29, 0.717) is 0 Å². The van der Waals surface area contributed by atoms with Gasteiger partial charge in [0.25, 0.3) is 0 Å². The normalized spacial score (nSPS) is 14.6. The lowest BCUT2D eigenvalue weighted by Crippen LogP contribution is -2.32. The number of anilines is 3. The largest absolute Gasteiger partial charge is 0.309 e. The molecular formula is C56H39NS. The smallest absolute Gasteiger partial charge is 0.0735 e. The molecule has 9 aromatic carbocycles. The minimum absolute atomic E-state index is 0.128. The predicted molar refractivity (Wildman–Crippen MR) is 243 cm³/mol. The molecule has 274 valence electrons. The minimum atomic E-state index is -0.422. The molecule has 0 saturated carbocycles. The molecule has 0 N–H and O–H groups in total. The maximum atomic E-state index is 2.52. The fraction of sp³-hybridized carbons (Fsp3) is 0.0714. The summed E-state index contributed by atoms with van der Waals surface area (Å²) in [5.74, 6) is 0. The summed E-state index contributed by atoms with van der Waals surface area (Å²) in [6.45, 7) is 4.75. The number of fused-ring (bicyclic) bond motifs is 13. The Labute approximate surface area is 344 Å². The molecule has 0 amide bonds. The van der Waals surface area contributed by atoms with E-state index in [1.165, 1.54) is 87.3 Å². The summed E-state index contributed by atoms with van der Waals surface area (Å²) in [5, 5.41) is 2.46. The van der Waals surface area contributed by atoms with E-state index in [0.717, 1.165) is 17.1 Å². The second-order valence-corrected chi connectivity index (χ2v) is 17.5. The Bertz CT molecular complexity index is 3090. The fourth-order valence-electron chi connectivity index (χ4n) is 10.6. The molecule has 58 heavy (non-hydrogen) atoms. The van der Waals surface area contributed by atoms with Gasteiger partial charge in [-0.3, -0.25) is 0 Å². The van der Waals surface area contributed by atoms with Crippen LogP contribution in [0.3, 0.4) is 0 Å². The minimum Gasteiger partial charge on any atom is -0.309 e. The topological polar surface area (TPSA) is 3.24 Å². The van der Waals surface area contributed by atoms with E-state index in [-0.39, 0.29) is 5.41 Å². The summed E-state index contributed by atoms with van der Waals surface area (Å²) in [5.41, 5.74) is 18.8. The molecule has 1 heterocycles. The van der Waals surface area contributed by atoms with Crippen LogP contribution < -0.4 is 4.90 Å². The van der Waals surface area contributed by atoms with Crippen LogP contribution in [0.15, 0.2) is 210 Å². The lowest BCUT2D eigenvalue weighted by molar-refractivity contribution is 0.660. The zero-order valence-corrected chi connectivity index (χ0v) is 33.2. The van der Waals surface area contributed by atoms with Gasteiger partial charge in [-0.25, -0.2) is 0 Å².